The maximum absolute atomic E-state index is 11.1. The van der Waals surface area contributed by atoms with Gasteiger partial charge >= 0.3 is 6.03 Å². The number of amides is 2. The molecule has 1 heterocycles. The second-order valence-corrected chi connectivity index (χ2v) is 10.9. The summed E-state index contributed by atoms with van der Waals surface area (Å²) in [6.07, 6.45) is 0. The van der Waals surface area contributed by atoms with Crippen molar-refractivity contribution in [1.29, 1.82) is 0 Å². The van der Waals surface area contributed by atoms with E-state index in [-0.39, 0.29) is 0 Å². The van der Waals surface area contributed by atoms with E-state index in [1.54, 1.807) is 4.68 Å². The number of aromatic nitrogens is 2. The van der Waals surface area contributed by atoms with Crippen LogP contribution in [0, 0.1) is 6.92 Å². The zero-order valence-corrected chi connectivity index (χ0v) is 13.3. The quantitative estimate of drug-likeness (QED) is 0.850. The Balaban J connectivity index is 2.52. The third-order valence-corrected chi connectivity index (χ3v) is 4.79. The Morgan fingerprint density at radius 1 is 1.25 bits per heavy atom. The zero-order chi connectivity index (χ0) is 14.9. The number of benzene rings is 1. The van der Waals surface area contributed by atoms with Crippen LogP contribution in [0.25, 0.3) is 5.69 Å². The summed E-state index contributed by atoms with van der Waals surface area (Å²) in [6, 6.07) is 9.31. The van der Waals surface area contributed by atoms with Crippen molar-refractivity contribution in [3.05, 3.63) is 35.9 Å². The van der Waals surface area contributed by atoms with Crippen molar-refractivity contribution in [3.63, 3.8) is 0 Å². The number of primary amides is 1. The number of nitrogens with zero attached hydrogens (tertiary/aromatic N) is 2. The number of nitrogens with two attached hydrogens (primary N) is 1. The molecule has 0 bridgehead atoms. The summed E-state index contributed by atoms with van der Waals surface area (Å²) >= 11 is 0. The van der Waals surface area contributed by atoms with Crippen LogP contribution >= 0.6 is 0 Å². The molecule has 20 heavy (non-hydrogen) atoms. The molecule has 106 valence electrons. The molecule has 0 aliphatic carbocycles. The SMILES string of the molecule is Cc1ccc(-n2nc([Si](C)(C)C)cc2NC(N)=O)cc1. The van der Waals surface area contributed by atoms with Crippen molar-refractivity contribution in [2.24, 2.45) is 5.73 Å². The third kappa shape index (κ3) is 3.08. The summed E-state index contributed by atoms with van der Waals surface area (Å²) in [5.41, 5.74) is 7.32. The van der Waals surface area contributed by atoms with Crippen LogP contribution in [-0.4, -0.2) is 23.9 Å². The van der Waals surface area contributed by atoms with Gasteiger partial charge in [-0.15, -0.1) is 0 Å². The van der Waals surface area contributed by atoms with Crippen molar-refractivity contribution in [2.75, 3.05) is 5.32 Å². The molecule has 0 fully saturated rings. The molecule has 1 aromatic carbocycles. The summed E-state index contributed by atoms with van der Waals surface area (Å²) in [6.45, 7) is 8.66. The van der Waals surface area contributed by atoms with Gasteiger partial charge in [0.25, 0.3) is 0 Å². The first-order valence-electron chi connectivity index (χ1n) is 6.51. The Labute approximate surface area is 119 Å². The van der Waals surface area contributed by atoms with Crippen molar-refractivity contribution in [1.82, 2.24) is 9.78 Å². The summed E-state index contributed by atoms with van der Waals surface area (Å²) in [4.78, 5) is 11.1. The van der Waals surface area contributed by atoms with Crippen LogP contribution in [-0.2, 0) is 0 Å². The first-order chi connectivity index (χ1) is 9.27. The summed E-state index contributed by atoms with van der Waals surface area (Å²) in [5.74, 6) is 0.610. The van der Waals surface area contributed by atoms with Gasteiger partial charge in [-0.05, 0) is 25.1 Å². The van der Waals surface area contributed by atoms with E-state index in [0.29, 0.717) is 5.82 Å². The van der Waals surface area contributed by atoms with E-state index < -0.39 is 14.1 Å². The Hall–Kier alpha value is -2.08. The number of rotatable bonds is 3. The van der Waals surface area contributed by atoms with Crippen molar-refractivity contribution in [2.45, 2.75) is 26.6 Å². The zero-order valence-electron chi connectivity index (χ0n) is 12.3. The smallest absolute Gasteiger partial charge is 0.317 e. The standard InChI is InChI=1S/C14H20N4OSi/c1-10-5-7-11(8-6-10)18-12(16-14(15)19)9-13(17-18)20(2,3)4/h5-9H,1-4H3,(H3,15,16,19). The van der Waals surface area contributed by atoms with E-state index in [4.69, 9.17) is 5.73 Å². The van der Waals surface area contributed by atoms with Gasteiger partial charge in [0.05, 0.1) is 5.69 Å². The van der Waals surface area contributed by atoms with Gasteiger partial charge in [-0.2, -0.15) is 5.10 Å². The molecule has 0 aliphatic rings. The molecule has 0 unspecified atom stereocenters. The fourth-order valence-electron chi connectivity index (χ4n) is 1.85. The minimum absolute atomic E-state index is 0.583. The monoisotopic (exact) mass is 288 g/mol. The molecule has 1 aromatic heterocycles. The highest BCUT2D eigenvalue weighted by molar-refractivity contribution is 6.88. The van der Waals surface area contributed by atoms with Crippen molar-refractivity contribution >= 4 is 25.2 Å². The lowest BCUT2D eigenvalue weighted by Crippen LogP contribution is -2.39. The highest BCUT2D eigenvalue weighted by Gasteiger charge is 2.23. The van der Waals surface area contributed by atoms with Gasteiger partial charge in [0.1, 0.15) is 13.9 Å². The number of aryl methyl sites for hydroxylation is 1. The second kappa shape index (κ2) is 5.13. The lowest BCUT2D eigenvalue weighted by atomic mass is 10.2. The second-order valence-electron chi connectivity index (χ2n) is 5.90. The molecule has 0 radical (unpaired) electrons. The average Bonchev–Trinajstić information content (AvgIpc) is 2.73. The lowest BCUT2D eigenvalue weighted by Gasteiger charge is -2.11. The molecular weight excluding hydrogens is 268 g/mol. The topological polar surface area (TPSA) is 72.9 Å². The molecule has 0 spiro atoms. The van der Waals surface area contributed by atoms with Crippen LogP contribution in [0.15, 0.2) is 30.3 Å². The normalized spacial score (nSPS) is 11.4. The first-order valence-corrected chi connectivity index (χ1v) is 10.0. The van der Waals surface area contributed by atoms with Crippen LogP contribution in [0.4, 0.5) is 10.6 Å². The van der Waals surface area contributed by atoms with Gasteiger partial charge in [-0.3, -0.25) is 5.32 Å². The molecule has 0 aliphatic heterocycles. The predicted octanol–water partition coefficient (Wildman–Crippen LogP) is 2.22. The Kier molecular flexibility index (Phi) is 3.67. The molecular formula is C14H20N4OSi. The van der Waals surface area contributed by atoms with Gasteiger partial charge < -0.3 is 5.73 Å². The number of anilines is 1. The number of nitrogens with one attached hydrogen (secondary N) is 1. The van der Waals surface area contributed by atoms with Crippen molar-refractivity contribution in [3.8, 4) is 5.69 Å². The number of carbonyl (C=O) groups excluding carboxylic acids is 1. The van der Waals surface area contributed by atoms with Crippen LogP contribution < -0.4 is 16.4 Å². The van der Waals surface area contributed by atoms with Gasteiger partial charge in [0.2, 0.25) is 0 Å². The Bertz CT molecular complexity index is 626. The third-order valence-electron chi connectivity index (χ3n) is 3.01. The number of carbonyl (C=O) groups is 1. The number of hydrogen-bond acceptors (Lipinski definition) is 2. The maximum Gasteiger partial charge on any atom is 0.317 e. The number of urea groups is 1. The minimum atomic E-state index is -1.56. The molecule has 2 rings (SSSR count). The van der Waals surface area contributed by atoms with E-state index in [0.717, 1.165) is 11.0 Å². The van der Waals surface area contributed by atoms with Crippen LogP contribution in [0.5, 0.6) is 0 Å². The van der Waals surface area contributed by atoms with E-state index in [9.17, 15) is 4.79 Å². The average molecular weight is 288 g/mol. The molecule has 0 saturated carbocycles. The van der Waals surface area contributed by atoms with Gasteiger partial charge in [-0.25, -0.2) is 9.48 Å². The van der Waals surface area contributed by atoms with E-state index in [1.807, 2.05) is 37.3 Å². The summed E-state index contributed by atoms with van der Waals surface area (Å²) < 4.78 is 1.73. The lowest BCUT2D eigenvalue weighted by molar-refractivity contribution is 0.259. The highest BCUT2D eigenvalue weighted by Crippen LogP contribution is 2.16. The van der Waals surface area contributed by atoms with E-state index in [2.05, 4.69) is 30.1 Å². The van der Waals surface area contributed by atoms with Crippen LogP contribution in [0.1, 0.15) is 5.56 Å². The molecule has 0 atom stereocenters. The largest absolute Gasteiger partial charge is 0.351 e. The fraction of sp³-hybridized carbons (Fsp3) is 0.286. The first kappa shape index (κ1) is 14.3. The minimum Gasteiger partial charge on any atom is -0.351 e. The summed E-state index contributed by atoms with van der Waals surface area (Å²) in [7, 11) is -1.56. The molecule has 6 heteroatoms. The predicted molar refractivity (Wildman–Crippen MR) is 84.5 cm³/mol. The Morgan fingerprint density at radius 2 is 1.85 bits per heavy atom. The Morgan fingerprint density at radius 3 is 2.35 bits per heavy atom. The maximum atomic E-state index is 11.1. The van der Waals surface area contributed by atoms with Crippen molar-refractivity contribution < 1.29 is 4.79 Å². The van der Waals surface area contributed by atoms with E-state index in [1.165, 1.54) is 5.56 Å². The van der Waals surface area contributed by atoms with Gasteiger partial charge in [-0.1, -0.05) is 37.3 Å². The van der Waals surface area contributed by atoms with Gasteiger partial charge in [0, 0.05) is 5.32 Å². The molecule has 3 N–H and O–H groups in total. The van der Waals surface area contributed by atoms with E-state index >= 15 is 0 Å². The number of hydrogen-bond donors (Lipinski definition) is 2. The summed E-state index contributed by atoms with van der Waals surface area (Å²) in [5, 5.41) is 8.31. The van der Waals surface area contributed by atoms with Crippen LogP contribution in [0.3, 0.4) is 0 Å². The fourth-order valence-corrected chi connectivity index (χ4v) is 2.82. The highest BCUT2D eigenvalue weighted by atomic mass is 28.3. The van der Waals surface area contributed by atoms with Gasteiger partial charge in [0.15, 0.2) is 0 Å². The van der Waals surface area contributed by atoms with Crippen LogP contribution in [0.2, 0.25) is 19.6 Å². The molecule has 2 aromatic rings. The molecule has 2 amide bonds. The molecule has 5 nitrogen and oxygen atoms in total. The molecule has 0 saturated heterocycles.